The number of piperidine rings is 1. The van der Waals surface area contributed by atoms with E-state index in [1.165, 1.54) is 28.4 Å². The van der Waals surface area contributed by atoms with E-state index < -0.39 is 30.4 Å². The van der Waals surface area contributed by atoms with Crippen LogP contribution in [-0.2, 0) is 14.3 Å². The first kappa shape index (κ1) is 20.5. The Bertz CT molecular complexity index is 913. The van der Waals surface area contributed by atoms with E-state index in [1.54, 1.807) is 29.6 Å². The number of anilines is 1. The fourth-order valence-electron chi connectivity index (χ4n) is 3.14. The minimum Gasteiger partial charge on any atom is -0.452 e. The number of rotatable bonds is 6. The van der Waals surface area contributed by atoms with Gasteiger partial charge in [-0.1, -0.05) is 12.1 Å². The summed E-state index contributed by atoms with van der Waals surface area (Å²) in [7, 11) is 0. The van der Waals surface area contributed by atoms with E-state index in [1.807, 2.05) is 0 Å². The number of hydrogen-bond donors (Lipinski definition) is 2. The van der Waals surface area contributed by atoms with Crippen LogP contribution in [0.15, 0.2) is 41.8 Å². The maximum Gasteiger partial charge on any atom is 0.338 e. The van der Waals surface area contributed by atoms with Crippen LogP contribution >= 0.6 is 11.3 Å². The van der Waals surface area contributed by atoms with E-state index in [0.29, 0.717) is 23.5 Å². The van der Waals surface area contributed by atoms with Gasteiger partial charge in [0.15, 0.2) is 6.61 Å². The second-order valence-corrected chi connectivity index (χ2v) is 7.54. The molecular formula is C20H21N3O5S. The summed E-state index contributed by atoms with van der Waals surface area (Å²) in [5.74, 6) is -1.98. The molecule has 0 bridgehead atoms. The number of carbonyl (C=O) groups excluding carboxylic acids is 4. The van der Waals surface area contributed by atoms with E-state index in [-0.39, 0.29) is 11.5 Å². The van der Waals surface area contributed by atoms with Crippen molar-refractivity contribution in [1.29, 1.82) is 0 Å². The van der Waals surface area contributed by atoms with Crippen LogP contribution in [0.1, 0.15) is 39.3 Å². The van der Waals surface area contributed by atoms with Gasteiger partial charge in [0.1, 0.15) is 6.04 Å². The Balaban J connectivity index is 1.58. The third kappa shape index (κ3) is 5.20. The summed E-state index contributed by atoms with van der Waals surface area (Å²) < 4.78 is 5.11. The van der Waals surface area contributed by atoms with Gasteiger partial charge >= 0.3 is 5.97 Å². The summed E-state index contributed by atoms with van der Waals surface area (Å²) in [6.45, 7) is -0.0668. The van der Waals surface area contributed by atoms with Gasteiger partial charge in [-0.15, -0.1) is 11.3 Å². The highest BCUT2D eigenvalue weighted by atomic mass is 32.1. The molecule has 8 nitrogen and oxygen atoms in total. The van der Waals surface area contributed by atoms with Gasteiger partial charge in [-0.05, 0) is 48.9 Å². The summed E-state index contributed by atoms with van der Waals surface area (Å²) in [4.78, 5) is 50.3. The SMILES string of the molecule is NC(=O)[C@H]1CCCCN1C(=O)COC(=O)c1cccc(NC(=O)c2cccs2)c1. The predicted octanol–water partition coefficient (Wildman–Crippen LogP) is 2.02. The van der Waals surface area contributed by atoms with Crippen LogP contribution in [-0.4, -0.2) is 47.8 Å². The molecule has 0 aliphatic carbocycles. The van der Waals surface area contributed by atoms with Gasteiger partial charge in [-0.25, -0.2) is 4.79 Å². The number of nitrogens with one attached hydrogen (secondary N) is 1. The smallest absolute Gasteiger partial charge is 0.338 e. The molecule has 2 aromatic rings. The number of primary amides is 1. The maximum absolute atomic E-state index is 12.4. The van der Waals surface area contributed by atoms with Crippen molar-refractivity contribution >= 4 is 40.7 Å². The number of benzene rings is 1. The van der Waals surface area contributed by atoms with E-state index in [2.05, 4.69) is 5.32 Å². The molecule has 0 unspecified atom stereocenters. The quantitative estimate of drug-likeness (QED) is 0.700. The van der Waals surface area contributed by atoms with E-state index in [0.717, 1.165) is 12.8 Å². The molecule has 1 aromatic carbocycles. The summed E-state index contributed by atoms with van der Waals surface area (Å²) in [6, 6.07) is 9.07. The molecule has 1 aliphatic heterocycles. The number of likely N-dealkylation sites (tertiary alicyclic amines) is 1. The standard InChI is InChI=1S/C20H21N3O5S/c21-18(25)15-7-1-2-9-23(15)17(24)12-28-20(27)13-5-3-6-14(11-13)22-19(26)16-8-4-10-29-16/h3-6,8,10-11,15H,1-2,7,9,12H2,(H2,21,25)(H,22,26)/t15-/m1/s1. The Hall–Kier alpha value is -3.20. The third-order valence-corrected chi connectivity index (χ3v) is 5.45. The largest absolute Gasteiger partial charge is 0.452 e. The number of esters is 1. The van der Waals surface area contributed by atoms with Crippen LogP contribution in [0, 0.1) is 0 Å². The molecular weight excluding hydrogens is 394 g/mol. The number of ether oxygens (including phenoxy) is 1. The van der Waals surface area contributed by atoms with Crippen molar-refractivity contribution in [2.45, 2.75) is 25.3 Å². The first-order valence-corrected chi connectivity index (χ1v) is 10.0. The predicted molar refractivity (Wildman–Crippen MR) is 108 cm³/mol. The van der Waals surface area contributed by atoms with E-state index in [4.69, 9.17) is 10.5 Å². The molecule has 3 amide bonds. The van der Waals surface area contributed by atoms with Gasteiger partial charge < -0.3 is 20.7 Å². The van der Waals surface area contributed by atoms with Gasteiger partial charge in [0, 0.05) is 12.2 Å². The van der Waals surface area contributed by atoms with Crippen LogP contribution in [0.2, 0.25) is 0 Å². The number of carbonyl (C=O) groups is 4. The Labute approximate surface area is 171 Å². The molecule has 1 fully saturated rings. The van der Waals surface area contributed by atoms with Crippen molar-refractivity contribution in [1.82, 2.24) is 4.90 Å². The molecule has 2 heterocycles. The fourth-order valence-corrected chi connectivity index (χ4v) is 3.76. The Morgan fingerprint density at radius 2 is 2.00 bits per heavy atom. The summed E-state index contributed by atoms with van der Waals surface area (Å²) >= 11 is 1.31. The molecule has 0 spiro atoms. The first-order chi connectivity index (χ1) is 14.0. The van der Waals surface area contributed by atoms with Crippen LogP contribution < -0.4 is 11.1 Å². The van der Waals surface area contributed by atoms with Crippen LogP contribution in [0.3, 0.4) is 0 Å². The molecule has 0 radical (unpaired) electrons. The molecule has 1 atom stereocenters. The number of thiophene rings is 1. The van der Waals surface area contributed by atoms with Crippen molar-refractivity contribution in [3.05, 3.63) is 52.2 Å². The lowest BCUT2D eigenvalue weighted by Gasteiger charge is -2.33. The number of nitrogens with two attached hydrogens (primary N) is 1. The number of nitrogens with zero attached hydrogens (tertiary/aromatic N) is 1. The summed E-state index contributed by atoms with van der Waals surface area (Å²) in [5.41, 5.74) is 6.00. The molecule has 152 valence electrons. The lowest BCUT2D eigenvalue weighted by Crippen LogP contribution is -2.51. The Morgan fingerprint density at radius 3 is 2.72 bits per heavy atom. The lowest BCUT2D eigenvalue weighted by molar-refractivity contribution is -0.143. The van der Waals surface area contributed by atoms with Crippen molar-refractivity contribution < 1.29 is 23.9 Å². The second-order valence-electron chi connectivity index (χ2n) is 6.59. The molecule has 1 aliphatic rings. The third-order valence-electron chi connectivity index (χ3n) is 4.58. The van der Waals surface area contributed by atoms with Crippen molar-refractivity contribution in [3.8, 4) is 0 Å². The second kappa shape index (κ2) is 9.33. The zero-order valence-corrected chi connectivity index (χ0v) is 16.4. The van der Waals surface area contributed by atoms with Gasteiger partial charge in [0.05, 0.1) is 10.4 Å². The lowest BCUT2D eigenvalue weighted by atomic mass is 10.0. The van der Waals surface area contributed by atoms with Crippen molar-refractivity contribution in [3.63, 3.8) is 0 Å². The molecule has 29 heavy (non-hydrogen) atoms. The molecule has 3 rings (SSSR count). The summed E-state index contributed by atoms with van der Waals surface area (Å²) in [5, 5.41) is 4.51. The summed E-state index contributed by atoms with van der Waals surface area (Å²) in [6.07, 6.45) is 2.11. The maximum atomic E-state index is 12.4. The number of hydrogen-bond acceptors (Lipinski definition) is 6. The average molecular weight is 415 g/mol. The minimum atomic E-state index is -0.696. The van der Waals surface area contributed by atoms with Crippen LogP contribution in [0.5, 0.6) is 0 Å². The van der Waals surface area contributed by atoms with E-state index >= 15 is 0 Å². The van der Waals surface area contributed by atoms with Crippen LogP contribution in [0.4, 0.5) is 5.69 Å². The zero-order valence-electron chi connectivity index (χ0n) is 15.6. The Morgan fingerprint density at radius 1 is 1.17 bits per heavy atom. The monoisotopic (exact) mass is 415 g/mol. The molecule has 1 saturated heterocycles. The highest BCUT2D eigenvalue weighted by molar-refractivity contribution is 7.12. The highest BCUT2D eigenvalue weighted by Crippen LogP contribution is 2.18. The highest BCUT2D eigenvalue weighted by Gasteiger charge is 2.31. The Kier molecular flexibility index (Phi) is 6.61. The van der Waals surface area contributed by atoms with Gasteiger partial charge in [-0.3, -0.25) is 14.4 Å². The number of amides is 3. The molecule has 3 N–H and O–H groups in total. The molecule has 9 heteroatoms. The average Bonchev–Trinajstić information content (AvgIpc) is 3.27. The van der Waals surface area contributed by atoms with Crippen LogP contribution in [0.25, 0.3) is 0 Å². The molecule has 0 saturated carbocycles. The normalized spacial score (nSPS) is 16.1. The van der Waals surface area contributed by atoms with E-state index in [9.17, 15) is 19.2 Å². The first-order valence-electron chi connectivity index (χ1n) is 9.16. The van der Waals surface area contributed by atoms with Gasteiger partial charge in [-0.2, -0.15) is 0 Å². The molecule has 1 aromatic heterocycles. The fraction of sp³-hybridized carbons (Fsp3) is 0.300. The van der Waals surface area contributed by atoms with Crippen molar-refractivity contribution in [2.75, 3.05) is 18.5 Å². The minimum absolute atomic E-state index is 0.201. The zero-order chi connectivity index (χ0) is 20.8. The van der Waals surface area contributed by atoms with Gasteiger partial charge in [0.25, 0.3) is 11.8 Å². The van der Waals surface area contributed by atoms with Gasteiger partial charge in [0.2, 0.25) is 5.91 Å². The van der Waals surface area contributed by atoms with Crippen molar-refractivity contribution in [2.24, 2.45) is 5.73 Å². The topological polar surface area (TPSA) is 119 Å².